The molecule has 0 spiro atoms. The first-order valence-corrected chi connectivity index (χ1v) is 5.44. The van der Waals surface area contributed by atoms with Crippen molar-refractivity contribution in [2.75, 3.05) is 20.8 Å². The summed E-state index contributed by atoms with van der Waals surface area (Å²) < 4.78 is 15.8. The average Bonchev–Trinajstić information content (AvgIpc) is 2.35. The highest BCUT2D eigenvalue weighted by Crippen LogP contribution is 2.23. The zero-order valence-corrected chi connectivity index (χ0v) is 10.4. The molecule has 4 nitrogen and oxygen atoms in total. The van der Waals surface area contributed by atoms with Gasteiger partial charge in [-0.3, -0.25) is 0 Å². The fourth-order valence-electron chi connectivity index (χ4n) is 1.40. The molecule has 1 rings (SSSR count). The minimum Gasteiger partial charge on any atom is -0.497 e. The molecule has 0 aliphatic carbocycles. The van der Waals surface area contributed by atoms with E-state index in [4.69, 9.17) is 19.5 Å². The van der Waals surface area contributed by atoms with Crippen LogP contribution in [0.2, 0.25) is 0 Å². The van der Waals surface area contributed by atoms with Crippen molar-refractivity contribution < 1.29 is 14.2 Å². The molecule has 92 valence electrons. The van der Waals surface area contributed by atoms with E-state index >= 15 is 0 Å². The Morgan fingerprint density at radius 2 is 1.94 bits per heavy atom. The van der Waals surface area contributed by atoms with Crippen molar-refractivity contribution in [3.05, 3.63) is 23.8 Å². The second kappa shape index (κ2) is 6.77. The Morgan fingerprint density at radius 3 is 2.53 bits per heavy atom. The highest BCUT2D eigenvalue weighted by Gasteiger charge is 2.07. The maximum atomic E-state index is 8.88. The Bertz CT molecular complexity index is 398. The van der Waals surface area contributed by atoms with Gasteiger partial charge in [0.25, 0.3) is 0 Å². The molecular weight excluding hydrogens is 218 g/mol. The zero-order chi connectivity index (χ0) is 12.7. The van der Waals surface area contributed by atoms with E-state index in [1.54, 1.807) is 32.4 Å². The third-order valence-electron chi connectivity index (χ3n) is 2.31. The third kappa shape index (κ3) is 4.33. The lowest BCUT2D eigenvalue weighted by Gasteiger charge is -2.15. The maximum Gasteiger partial charge on any atom is 0.124 e. The number of hydrogen-bond donors (Lipinski definition) is 0. The van der Waals surface area contributed by atoms with Crippen molar-refractivity contribution in [2.45, 2.75) is 19.4 Å². The van der Waals surface area contributed by atoms with Gasteiger partial charge >= 0.3 is 0 Å². The SMILES string of the molecule is COCCC(C)Oc1cc(C#N)cc(OC)c1. The van der Waals surface area contributed by atoms with Gasteiger partial charge in [0.05, 0.1) is 24.8 Å². The first kappa shape index (κ1) is 13.3. The molecule has 4 heteroatoms. The summed E-state index contributed by atoms with van der Waals surface area (Å²) in [6.45, 7) is 2.61. The van der Waals surface area contributed by atoms with Crippen molar-refractivity contribution in [3.63, 3.8) is 0 Å². The summed E-state index contributed by atoms with van der Waals surface area (Å²) in [6, 6.07) is 7.22. The van der Waals surface area contributed by atoms with Gasteiger partial charge < -0.3 is 14.2 Å². The molecule has 0 saturated heterocycles. The average molecular weight is 235 g/mol. The van der Waals surface area contributed by atoms with Crippen LogP contribution >= 0.6 is 0 Å². The Hall–Kier alpha value is -1.73. The summed E-state index contributed by atoms with van der Waals surface area (Å²) >= 11 is 0. The van der Waals surface area contributed by atoms with Gasteiger partial charge in [0.15, 0.2) is 0 Å². The van der Waals surface area contributed by atoms with Gasteiger partial charge in [0.1, 0.15) is 11.5 Å². The molecular formula is C13H17NO3. The first-order chi connectivity index (χ1) is 8.19. The molecule has 0 aliphatic rings. The largest absolute Gasteiger partial charge is 0.497 e. The van der Waals surface area contributed by atoms with Gasteiger partial charge in [-0.05, 0) is 19.1 Å². The molecule has 0 aromatic heterocycles. The Labute approximate surface area is 102 Å². The van der Waals surface area contributed by atoms with Crippen LogP contribution in [0.25, 0.3) is 0 Å². The van der Waals surface area contributed by atoms with Gasteiger partial charge in [0, 0.05) is 26.2 Å². The molecule has 0 heterocycles. The summed E-state index contributed by atoms with van der Waals surface area (Å²) in [5.74, 6) is 1.27. The van der Waals surface area contributed by atoms with Crippen LogP contribution in [0.1, 0.15) is 18.9 Å². The number of nitriles is 1. The number of rotatable bonds is 6. The topological polar surface area (TPSA) is 51.5 Å². The van der Waals surface area contributed by atoms with Crippen LogP contribution < -0.4 is 9.47 Å². The molecule has 1 unspecified atom stereocenters. The van der Waals surface area contributed by atoms with E-state index in [1.165, 1.54) is 0 Å². The normalized spacial score (nSPS) is 11.6. The van der Waals surface area contributed by atoms with Crippen LogP contribution in [-0.4, -0.2) is 26.9 Å². The number of benzene rings is 1. The molecule has 1 aromatic rings. The highest BCUT2D eigenvalue weighted by molar-refractivity contribution is 5.43. The number of ether oxygens (including phenoxy) is 3. The van der Waals surface area contributed by atoms with Gasteiger partial charge in [-0.15, -0.1) is 0 Å². The van der Waals surface area contributed by atoms with Gasteiger partial charge in [-0.1, -0.05) is 0 Å². The minimum atomic E-state index is 0.0357. The van der Waals surface area contributed by atoms with E-state index in [0.29, 0.717) is 23.7 Å². The number of methoxy groups -OCH3 is 2. The van der Waals surface area contributed by atoms with E-state index < -0.39 is 0 Å². The van der Waals surface area contributed by atoms with Crippen molar-refractivity contribution in [3.8, 4) is 17.6 Å². The predicted molar refractivity (Wildman–Crippen MR) is 64.3 cm³/mol. The summed E-state index contributed by atoms with van der Waals surface area (Å²) in [7, 11) is 3.22. The molecule has 1 atom stereocenters. The summed E-state index contributed by atoms with van der Waals surface area (Å²) in [4.78, 5) is 0. The summed E-state index contributed by atoms with van der Waals surface area (Å²) in [5.41, 5.74) is 0.526. The zero-order valence-electron chi connectivity index (χ0n) is 10.4. The Morgan fingerprint density at radius 1 is 1.24 bits per heavy atom. The van der Waals surface area contributed by atoms with E-state index in [0.717, 1.165) is 6.42 Å². The van der Waals surface area contributed by atoms with Crippen LogP contribution in [-0.2, 0) is 4.74 Å². The lowest BCUT2D eigenvalue weighted by Crippen LogP contribution is -2.14. The van der Waals surface area contributed by atoms with E-state index in [1.807, 2.05) is 6.92 Å². The molecule has 17 heavy (non-hydrogen) atoms. The summed E-state index contributed by atoms with van der Waals surface area (Å²) in [5, 5.41) is 8.88. The van der Waals surface area contributed by atoms with E-state index in [2.05, 4.69) is 6.07 Å². The third-order valence-corrected chi connectivity index (χ3v) is 2.31. The van der Waals surface area contributed by atoms with Crippen molar-refractivity contribution >= 4 is 0 Å². The van der Waals surface area contributed by atoms with Crippen molar-refractivity contribution in [1.29, 1.82) is 5.26 Å². The molecule has 0 bridgehead atoms. The number of hydrogen-bond acceptors (Lipinski definition) is 4. The molecule has 0 saturated carbocycles. The molecule has 1 aromatic carbocycles. The smallest absolute Gasteiger partial charge is 0.124 e. The standard InChI is InChI=1S/C13H17NO3/c1-10(4-5-15-2)17-13-7-11(9-14)6-12(8-13)16-3/h6-8,10H,4-5H2,1-3H3. The van der Waals surface area contributed by atoms with Gasteiger partial charge in [0.2, 0.25) is 0 Å². The maximum absolute atomic E-state index is 8.88. The number of nitrogens with zero attached hydrogens (tertiary/aromatic N) is 1. The highest BCUT2D eigenvalue weighted by atomic mass is 16.5. The van der Waals surface area contributed by atoms with Crippen molar-refractivity contribution in [2.24, 2.45) is 0 Å². The van der Waals surface area contributed by atoms with Crippen LogP contribution in [0.15, 0.2) is 18.2 Å². The van der Waals surface area contributed by atoms with E-state index in [-0.39, 0.29) is 6.10 Å². The second-order valence-electron chi connectivity index (χ2n) is 3.72. The van der Waals surface area contributed by atoms with Crippen LogP contribution in [0.5, 0.6) is 11.5 Å². The van der Waals surface area contributed by atoms with Gasteiger partial charge in [-0.25, -0.2) is 0 Å². The van der Waals surface area contributed by atoms with Crippen LogP contribution in [0.3, 0.4) is 0 Å². The van der Waals surface area contributed by atoms with Crippen LogP contribution in [0, 0.1) is 11.3 Å². The Kier molecular flexibility index (Phi) is 5.31. The van der Waals surface area contributed by atoms with Crippen LogP contribution in [0.4, 0.5) is 0 Å². The lowest BCUT2D eigenvalue weighted by atomic mass is 10.2. The molecule has 0 amide bonds. The van der Waals surface area contributed by atoms with Crippen molar-refractivity contribution in [1.82, 2.24) is 0 Å². The van der Waals surface area contributed by atoms with Gasteiger partial charge in [-0.2, -0.15) is 5.26 Å². The lowest BCUT2D eigenvalue weighted by molar-refractivity contribution is 0.135. The molecule has 0 aliphatic heterocycles. The Balaban J connectivity index is 2.73. The fourth-order valence-corrected chi connectivity index (χ4v) is 1.40. The molecule has 0 fully saturated rings. The van der Waals surface area contributed by atoms with E-state index in [9.17, 15) is 0 Å². The second-order valence-corrected chi connectivity index (χ2v) is 3.72. The first-order valence-electron chi connectivity index (χ1n) is 5.44. The fraction of sp³-hybridized carbons (Fsp3) is 0.462. The molecule has 0 radical (unpaired) electrons. The quantitative estimate of drug-likeness (QED) is 0.759. The summed E-state index contributed by atoms with van der Waals surface area (Å²) in [6.07, 6.45) is 0.837. The minimum absolute atomic E-state index is 0.0357. The predicted octanol–water partition coefficient (Wildman–Crippen LogP) is 2.37. The monoisotopic (exact) mass is 235 g/mol. The molecule has 0 N–H and O–H groups in total.